The molecule has 0 bridgehead atoms. The van der Waals surface area contributed by atoms with E-state index in [1.54, 1.807) is 30.3 Å². The molecule has 0 spiro atoms. The minimum Gasteiger partial charge on any atom is -0.480 e. The van der Waals surface area contributed by atoms with Crippen LogP contribution in [0.2, 0.25) is 0 Å². The van der Waals surface area contributed by atoms with Gasteiger partial charge in [-0.1, -0.05) is 84.9 Å². The number of benzene rings is 4. The molecule has 0 radical (unpaired) electrons. The molecule has 0 aliphatic heterocycles. The van der Waals surface area contributed by atoms with Gasteiger partial charge < -0.3 is 19.9 Å². The lowest BCUT2D eigenvalue weighted by atomic mass is 9.94. The summed E-state index contributed by atoms with van der Waals surface area (Å²) < 4.78 is 10.4. The Labute approximate surface area is 226 Å². The smallest absolute Gasteiger partial charge is 0.407 e. The average molecular weight is 522 g/mol. The van der Waals surface area contributed by atoms with Crippen molar-refractivity contribution in [1.82, 2.24) is 5.32 Å². The van der Waals surface area contributed by atoms with Gasteiger partial charge in [0.1, 0.15) is 12.6 Å². The molecule has 0 aromatic heterocycles. The van der Waals surface area contributed by atoms with Gasteiger partial charge in [0, 0.05) is 12.3 Å². The Morgan fingerprint density at radius 2 is 1.44 bits per heavy atom. The van der Waals surface area contributed by atoms with Crippen LogP contribution < -0.4 is 5.32 Å². The zero-order valence-corrected chi connectivity index (χ0v) is 21.3. The summed E-state index contributed by atoms with van der Waals surface area (Å²) in [5.41, 5.74) is 6.94. The number of ether oxygens (including phenoxy) is 2. The number of carboxylic acid groups (broad SMARTS) is 1. The maximum atomic E-state index is 12.8. The van der Waals surface area contributed by atoms with E-state index in [0.29, 0.717) is 11.1 Å². The summed E-state index contributed by atoms with van der Waals surface area (Å²) in [5.74, 6) is -1.77. The van der Waals surface area contributed by atoms with Crippen LogP contribution in [0, 0.1) is 0 Å². The molecular weight excluding hydrogens is 494 g/mol. The van der Waals surface area contributed by atoms with Gasteiger partial charge in [-0.3, -0.25) is 0 Å². The van der Waals surface area contributed by atoms with Gasteiger partial charge in [-0.25, -0.2) is 14.4 Å². The van der Waals surface area contributed by atoms with Crippen molar-refractivity contribution >= 4 is 18.0 Å². The first-order chi connectivity index (χ1) is 19.0. The highest BCUT2D eigenvalue weighted by atomic mass is 16.5. The first-order valence-electron chi connectivity index (χ1n) is 12.6. The molecule has 0 fully saturated rings. The SMILES string of the molecule is COC(=O)c1cccc(-c2ccccc2CC(NC(=O)OCC2c3ccccc3-c3ccccc32)C(=O)O)c1. The van der Waals surface area contributed by atoms with Crippen molar-refractivity contribution in [2.24, 2.45) is 0 Å². The molecule has 7 nitrogen and oxygen atoms in total. The van der Waals surface area contributed by atoms with Crippen LogP contribution >= 0.6 is 0 Å². The summed E-state index contributed by atoms with van der Waals surface area (Å²) >= 11 is 0. The van der Waals surface area contributed by atoms with E-state index >= 15 is 0 Å². The molecule has 1 atom stereocenters. The van der Waals surface area contributed by atoms with Crippen LogP contribution in [0.1, 0.15) is 33.0 Å². The zero-order valence-electron chi connectivity index (χ0n) is 21.3. The van der Waals surface area contributed by atoms with Gasteiger partial charge in [0.2, 0.25) is 0 Å². The molecule has 2 N–H and O–H groups in total. The van der Waals surface area contributed by atoms with Crippen LogP contribution in [0.15, 0.2) is 97.1 Å². The lowest BCUT2D eigenvalue weighted by Gasteiger charge is -2.19. The Balaban J connectivity index is 1.30. The molecule has 196 valence electrons. The normalized spacial score (nSPS) is 12.6. The van der Waals surface area contributed by atoms with E-state index in [-0.39, 0.29) is 18.9 Å². The Kier molecular flexibility index (Phi) is 7.41. The molecule has 1 unspecified atom stereocenters. The van der Waals surface area contributed by atoms with Gasteiger partial charge in [0.05, 0.1) is 12.7 Å². The second-order valence-corrected chi connectivity index (χ2v) is 9.29. The lowest BCUT2D eigenvalue weighted by Crippen LogP contribution is -2.43. The maximum absolute atomic E-state index is 12.8. The minimum atomic E-state index is -1.22. The Morgan fingerprint density at radius 3 is 2.08 bits per heavy atom. The topological polar surface area (TPSA) is 102 Å². The highest BCUT2D eigenvalue weighted by Crippen LogP contribution is 2.44. The predicted molar refractivity (Wildman–Crippen MR) is 147 cm³/mol. The standard InChI is InChI=1S/C32H27NO6/c1-38-31(36)22-11-8-10-20(17-22)23-12-3-2-9-21(23)18-29(30(34)35)33-32(37)39-19-28-26-15-6-4-13-24(26)25-14-5-7-16-27(25)28/h2-17,28-29H,18-19H2,1H3,(H,33,37)(H,34,35). The maximum Gasteiger partial charge on any atom is 0.407 e. The number of alkyl carbamates (subject to hydrolysis) is 1. The number of esters is 1. The molecule has 1 aliphatic carbocycles. The second kappa shape index (κ2) is 11.2. The van der Waals surface area contributed by atoms with Crippen LogP contribution in [0.25, 0.3) is 22.3 Å². The van der Waals surface area contributed by atoms with Crippen molar-refractivity contribution in [3.8, 4) is 22.3 Å². The number of hydrogen-bond acceptors (Lipinski definition) is 5. The van der Waals surface area contributed by atoms with Gasteiger partial charge in [-0.15, -0.1) is 0 Å². The van der Waals surface area contributed by atoms with Gasteiger partial charge in [-0.2, -0.15) is 0 Å². The van der Waals surface area contributed by atoms with Crippen LogP contribution in [-0.4, -0.2) is 42.9 Å². The summed E-state index contributed by atoms with van der Waals surface area (Å²) in [4.78, 5) is 36.9. The summed E-state index contributed by atoms with van der Waals surface area (Å²) in [5, 5.41) is 12.4. The van der Waals surface area contributed by atoms with Crippen molar-refractivity contribution < 1.29 is 29.0 Å². The predicted octanol–water partition coefficient (Wildman–Crippen LogP) is 5.67. The van der Waals surface area contributed by atoms with Crippen LogP contribution in [-0.2, 0) is 20.7 Å². The highest BCUT2D eigenvalue weighted by Gasteiger charge is 2.30. The van der Waals surface area contributed by atoms with E-state index in [2.05, 4.69) is 5.32 Å². The third-order valence-electron chi connectivity index (χ3n) is 6.97. The van der Waals surface area contributed by atoms with Crippen LogP contribution in [0.3, 0.4) is 0 Å². The van der Waals surface area contributed by atoms with Gasteiger partial charge in [0.15, 0.2) is 0 Å². The Hall–Kier alpha value is -4.91. The van der Waals surface area contributed by atoms with E-state index in [1.165, 1.54) is 7.11 Å². The molecule has 7 heteroatoms. The third kappa shape index (κ3) is 5.38. The first kappa shape index (κ1) is 25.7. The monoisotopic (exact) mass is 521 g/mol. The number of nitrogens with one attached hydrogen (secondary N) is 1. The average Bonchev–Trinajstić information content (AvgIpc) is 3.29. The number of amides is 1. The van der Waals surface area contributed by atoms with Gasteiger partial charge >= 0.3 is 18.0 Å². The fraction of sp³-hybridized carbons (Fsp3) is 0.156. The molecule has 0 saturated carbocycles. The van der Waals surface area contributed by atoms with Gasteiger partial charge in [-0.05, 0) is 51.1 Å². The molecule has 1 aliphatic rings. The zero-order chi connectivity index (χ0) is 27.4. The molecule has 0 heterocycles. The third-order valence-corrected chi connectivity index (χ3v) is 6.97. The number of aliphatic carboxylic acids is 1. The highest BCUT2D eigenvalue weighted by molar-refractivity contribution is 5.91. The number of methoxy groups -OCH3 is 1. The number of rotatable bonds is 8. The summed E-state index contributed by atoms with van der Waals surface area (Å²) in [6.45, 7) is 0.0864. The van der Waals surface area contributed by atoms with Crippen molar-refractivity contribution in [2.75, 3.05) is 13.7 Å². The number of carbonyl (C=O) groups excluding carboxylic acids is 2. The van der Waals surface area contributed by atoms with Crippen molar-refractivity contribution in [3.05, 3.63) is 119 Å². The first-order valence-corrected chi connectivity index (χ1v) is 12.6. The van der Waals surface area contributed by atoms with E-state index < -0.39 is 24.1 Å². The molecule has 1 amide bonds. The molecule has 0 saturated heterocycles. The number of carboxylic acids is 1. The van der Waals surface area contributed by atoms with E-state index in [1.807, 2.05) is 66.7 Å². The van der Waals surface area contributed by atoms with E-state index in [9.17, 15) is 19.5 Å². The summed E-state index contributed by atoms with van der Waals surface area (Å²) in [7, 11) is 1.31. The van der Waals surface area contributed by atoms with Crippen LogP contribution in [0.4, 0.5) is 4.79 Å². The van der Waals surface area contributed by atoms with Crippen molar-refractivity contribution in [3.63, 3.8) is 0 Å². The number of hydrogen-bond donors (Lipinski definition) is 2. The van der Waals surface area contributed by atoms with Crippen LogP contribution in [0.5, 0.6) is 0 Å². The Morgan fingerprint density at radius 1 is 0.821 bits per heavy atom. The summed E-state index contributed by atoms with van der Waals surface area (Å²) in [6.07, 6.45) is -0.771. The molecule has 4 aromatic rings. The fourth-order valence-corrected chi connectivity index (χ4v) is 5.11. The van der Waals surface area contributed by atoms with Crippen molar-refractivity contribution in [1.29, 1.82) is 0 Å². The van der Waals surface area contributed by atoms with E-state index in [0.717, 1.165) is 33.4 Å². The fourth-order valence-electron chi connectivity index (χ4n) is 5.11. The largest absolute Gasteiger partial charge is 0.480 e. The lowest BCUT2D eigenvalue weighted by molar-refractivity contribution is -0.139. The van der Waals surface area contributed by atoms with Gasteiger partial charge in [0.25, 0.3) is 0 Å². The number of carbonyl (C=O) groups is 3. The quantitative estimate of drug-likeness (QED) is 0.290. The van der Waals surface area contributed by atoms with E-state index in [4.69, 9.17) is 9.47 Å². The Bertz CT molecular complexity index is 1500. The minimum absolute atomic E-state index is 0.0259. The molecule has 39 heavy (non-hydrogen) atoms. The number of fused-ring (bicyclic) bond motifs is 3. The molecular formula is C32H27NO6. The molecule has 5 rings (SSSR count). The van der Waals surface area contributed by atoms with Crippen molar-refractivity contribution in [2.45, 2.75) is 18.4 Å². The summed E-state index contributed by atoms with van der Waals surface area (Å²) in [6, 6.07) is 29.0. The second-order valence-electron chi connectivity index (χ2n) is 9.29. The molecule has 4 aromatic carbocycles.